The molecule has 0 aliphatic heterocycles. The third-order valence-electron chi connectivity index (χ3n) is 4.84. The highest BCUT2D eigenvalue weighted by Crippen LogP contribution is 2.42. The molecule has 1 aromatic heterocycles. The molecule has 0 spiro atoms. The number of halogens is 3. The second kappa shape index (κ2) is 11.6. The first kappa shape index (κ1) is 25.9. The van der Waals surface area contributed by atoms with E-state index in [1.54, 1.807) is 6.07 Å². The number of hydrogen-bond donors (Lipinski definition) is 3. The lowest BCUT2D eigenvalue weighted by molar-refractivity contribution is -0.137. The Morgan fingerprint density at radius 2 is 1.88 bits per heavy atom. The van der Waals surface area contributed by atoms with Gasteiger partial charge in [0.25, 0.3) is 0 Å². The number of thioether (sulfide) groups is 1. The normalized spacial score (nSPS) is 11.9. The molecule has 6 nitrogen and oxygen atoms in total. The number of anilines is 1. The Kier molecular flexibility index (Phi) is 8.88. The van der Waals surface area contributed by atoms with Crippen LogP contribution in [0.5, 0.6) is 17.2 Å². The van der Waals surface area contributed by atoms with E-state index < -0.39 is 23.0 Å². The molecule has 0 radical (unpaired) electrons. The number of hydrogen-bond acceptors (Lipinski definition) is 6. The van der Waals surface area contributed by atoms with Gasteiger partial charge >= 0.3 is 5.97 Å². The maximum absolute atomic E-state index is 14.5. The number of aromatic hydroxyl groups is 1. The number of aromatic nitrogens is 1. The Bertz CT molecular complexity index is 1170. The van der Waals surface area contributed by atoms with Gasteiger partial charge in [-0.05, 0) is 29.7 Å². The maximum atomic E-state index is 14.5. The molecule has 180 valence electrons. The van der Waals surface area contributed by atoms with Crippen LogP contribution in [0.25, 0.3) is 0 Å². The van der Waals surface area contributed by atoms with Crippen LogP contribution in [-0.4, -0.2) is 33.0 Å². The van der Waals surface area contributed by atoms with Crippen LogP contribution >= 0.6 is 35.0 Å². The molecule has 0 aliphatic carbocycles. The molecule has 1 heterocycles. The Labute approximate surface area is 211 Å². The molecule has 3 rings (SSSR count). The molecule has 0 saturated heterocycles. The third kappa shape index (κ3) is 6.46. The van der Waals surface area contributed by atoms with Crippen LogP contribution in [0, 0.1) is 5.95 Å². The lowest BCUT2D eigenvalue weighted by atomic mass is 10.0. The second-order valence-electron chi connectivity index (χ2n) is 7.72. The van der Waals surface area contributed by atoms with E-state index in [0.29, 0.717) is 11.3 Å². The topological polar surface area (TPSA) is 91.7 Å². The number of aliphatic carboxylic acids is 1. The van der Waals surface area contributed by atoms with E-state index in [2.05, 4.69) is 10.3 Å². The van der Waals surface area contributed by atoms with Gasteiger partial charge in [0.05, 0.1) is 0 Å². The fourth-order valence-corrected chi connectivity index (χ4v) is 4.53. The van der Waals surface area contributed by atoms with Gasteiger partial charge in [0.15, 0.2) is 11.6 Å². The summed E-state index contributed by atoms with van der Waals surface area (Å²) in [7, 11) is 0. The number of carbonyl (C=O) groups is 1. The third-order valence-corrected chi connectivity index (χ3v) is 6.63. The average molecular weight is 525 g/mol. The second-order valence-corrected chi connectivity index (χ2v) is 9.51. The molecule has 2 aromatic carbocycles. The fraction of sp³-hybridized carbons (Fsp3) is 0.250. The number of nitrogens with zero attached hydrogens (tertiary/aromatic N) is 1. The molecular formula is C24H23Cl2FN2O4S. The van der Waals surface area contributed by atoms with Crippen molar-refractivity contribution >= 4 is 46.8 Å². The Morgan fingerprint density at radius 1 is 1.18 bits per heavy atom. The average Bonchev–Trinajstić information content (AvgIpc) is 2.80. The molecule has 0 aliphatic rings. The van der Waals surface area contributed by atoms with Gasteiger partial charge in [0, 0.05) is 17.1 Å². The Balaban J connectivity index is 1.81. The highest BCUT2D eigenvalue weighted by molar-refractivity contribution is 7.98. The van der Waals surface area contributed by atoms with Crippen LogP contribution in [0.4, 0.5) is 10.2 Å². The maximum Gasteiger partial charge on any atom is 0.327 e. The van der Waals surface area contributed by atoms with E-state index in [1.807, 2.05) is 44.2 Å². The molecule has 0 saturated carbocycles. The summed E-state index contributed by atoms with van der Waals surface area (Å²) < 4.78 is 20.2. The van der Waals surface area contributed by atoms with Gasteiger partial charge in [0.1, 0.15) is 27.6 Å². The van der Waals surface area contributed by atoms with Crippen molar-refractivity contribution in [3.63, 3.8) is 0 Å². The minimum Gasteiger partial charge on any atom is -0.508 e. The summed E-state index contributed by atoms with van der Waals surface area (Å²) in [6.45, 7) is 3.80. The summed E-state index contributed by atoms with van der Waals surface area (Å²) >= 11 is 13.9. The molecule has 0 unspecified atom stereocenters. The molecule has 34 heavy (non-hydrogen) atoms. The van der Waals surface area contributed by atoms with E-state index in [1.165, 1.54) is 23.9 Å². The first-order valence-corrected chi connectivity index (χ1v) is 12.2. The summed E-state index contributed by atoms with van der Waals surface area (Å²) in [5, 5.41) is 21.7. The predicted octanol–water partition coefficient (Wildman–Crippen LogP) is 6.95. The number of pyridine rings is 1. The Morgan fingerprint density at radius 3 is 2.53 bits per heavy atom. The summed E-state index contributed by atoms with van der Waals surface area (Å²) in [6, 6.07) is 13.0. The number of phenolic OH excluding ortho intramolecular Hbond substituents is 1. The first-order chi connectivity index (χ1) is 16.2. The molecule has 0 bridgehead atoms. The number of carboxylic acids is 1. The number of nitrogens with one attached hydrogen (secondary N) is 1. The zero-order valence-electron chi connectivity index (χ0n) is 18.4. The summed E-state index contributed by atoms with van der Waals surface area (Å²) in [6.07, 6.45) is 0. The van der Waals surface area contributed by atoms with Crippen LogP contribution in [0.2, 0.25) is 10.0 Å². The smallest absolute Gasteiger partial charge is 0.327 e. The summed E-state index contributed by atoms with van der Waals surface area (Å²) in [5.41, 5.74) is 1.68. The molecule has 3 aromatic rings. The number of ether oxygens (including phenoxy) is 1. The van der Waals surface area contributed by atoms with Crippen molar-refractivity contribution < 1.29 is 24.1 Å². The zero-order chi connectivity index (χ0) is 24.8. The van der Waals surface area contributed by atoms with Gasteiger partial charge in [-0.3, -0.25) is 0 Å². The molecule has 0 fully saturated rings. The van der Waals surface area contributed by atoms with Crippen molar-refractivity contribution in [1.29, 1.82) is 0 Å². The van der Waals surface area contributed by atoms with Crippen LogP contribution in [0.1, 0.15) is 30.9 Å². The first-order valence-electron chi connectivity index (χ1n) is 10.3. The van der Waals surface area contributed by atoms with Crippen LogP contribution in [-0.2, 0) is 10.5 Å². The minimum absolute atomic E-state index is 0.00519. The van der Waals surface area contributed by atoms with E-state index in [9.17, 15) is 19.4 Å². The number of phenols is 1. The lowest BCUT2D eigenvalue weighted by Crippen LogP contribution is -2.32. The van der Waals surface area contributed by atoms with Crippen molar-refractivity contribution in [3.05, 3.63) is 75.7 Å². The summed E-state index contributed by atoms with van der Waals surface area (Å²) in [4.78, 5) is 15.5. The van der Waals surface area contributed by atoms with E-state index >= 15 is 0 Å². The monoisotopic (exact) mass is 524 g/mol. The standard InChI is InChI=1S/C24H23Cl2FN2O4S/c1-13(2)16-10-15(8-9-18(16)30)33-21-19(25)22(27)29-23(20(21)26)28-17(24(31)32)12-34-11-14-6-4-3-5-7-14/h3-10,13,17,30H,11-12H2,1-2H3,(H,28,29)(H,31,32)/t17-/m0/s1. The van der Waals surface area contributed by atoms with Gasteiger partial charge in [-0.2, -0.15) is 21.1 Å². The van der Waals surface area contributed by atoms with Crippen molar-refractivity contribution in [2.45, 2.75) is 31.6 Å². The van der Waals surface area contributed by atoms with Crippen molar-refractivity contribution in [2.75, 3.05) is 11.1 Å². The number of benzene rings is 2. The van der Waals surface area contributed by atoms with Gasteiger partial charge in [-0.15, -0.1) is 0 Å². The molecular weight excluding hydrogens is 502 g/mol. The van der Waals surface area contributed by atoms with E-state index in [0.717, 1.165) is 5.56 Å². The zero-order valence-corrected chi connectivity index (χ0v) is 20.7. The SMILES string of the molecule is CC(C)c1cc(Oc2c(Cl)c(F)nc(N[C@@H](CSCc3ccccc3)C(=O)O)c2Cl)ccc1O. The van der Waals surface area contributed by atoms with Crippen LogP contribution in [0.3, 0.4) is 0 Å². The molecule has 10 heteroatoms. The van der Waals surface area contributed by atoms with Crippen molar-refractivity contribution in [3.8, 4) is 17.2 Å². The van der Waals surface area contributed by atoms with Crippen LogP contribution in [0.15, 0.2) is 48.5 Å². The van der Waals surface area contributed by atoms with Gasteiger partial charge in [-0.1, -0.05) is 67.4 Å². The molecule has 3 N–H and O–H groups in total. The number of rotatable bonds is 10. The van der Waals surface area contributed by atoms with Crippen LogP contribution < -0.4 is 10.1 Å². The minimum atomic E-state index is -1.14. The van der Waals surface area contributed by atoms with E-state index in [-0.39, 0.29) is 39.8 Å². The highest BCUT2D eigenvalue weighted by atomic mass is 35.5. The van der Waals surface area contributed by atoms with Crippen molar-refractivity contribution in [2.24, 2.45) is 0 Å². The Hall–Kier alpha value is -2.68. The van der Waals surface area contributed by atoms with Gasteiger partial charge in [0.2, 0.25) is 5.95 Å². The molecule has 0 amide bonds. The van der Waals surface area contributed by atoms with Gasteiger partial charge in [-0.25, -0.2) is 4.79 Å². The lowest BCUT2D eigenvalue weighted by Gasteiger charge is -2.18. The van der Waals surface area contributed by atoms with Crippen molar-refractivity contribution in [1.82, 2.24) is 4.98 Å². The molecule has 1 atom stereocenters. The van der Waals surface area contributed by atoms with Gasteiger partial charge < -0.3 is 20.3 Å². The largest absolute Gasteiger partial charge is 0.508 e. The fourth-order valence-electron chi connectivity index (χ4n) is 3.06. The summed E-state index contributed by atoms with van der Waals surface area (Å²) in [5.74, 6) is -1.45. The number of carboxylic acid groups (broad SMARTS) is 1. The predicted molar refractivity (Wildman–Crippen MR) is 134 cm³/mol. The quantitative estimate of drug-likeness (QED) is 0.247. The van der Waals surface area contributed by atoms with E-state index in [4.69, 9.17) is 27.9 Å². The highest BCUT2D eigenvalue weighted by Gasteiger charge is 2.25.